The first kappa shape index (κ1) is 9.78. The third-order valence-corrected chi connectivity index (χ3v) is 2.42. The molecule has 2 heteroatoms. The van der Waals surface area contributed by atoms with Gasteiger partial charge in [-0.3, -0.25) is 4.79 Å². The van der Waals surface area contributed by atoms with Gasteiger partial charge in [0.05, 0.1) is 0 Å². The monoisotopic (exact) mass is 177 g/mol. The highest BCUT2D eigenvalue weighted by Gasteiger charge is 2.06. The fourth-order valence-electron chi connectivity index (χ4n) is 1.31. The molecule has 1 aromatic rings. The van der Waals surface area contributed by atoms with Gasteiger partial charge in [-0.05, 0) is 49.6 Å². The second-order valence-corrected chi connectivity index (χ2v) is 3.31. The minimum absolute atomic E-state index is 0.0220. The van der Waals surface area contributed by atoms with Gasteiger partial charge in [-0.1, -0.05) is 0 Å². The summed E-state index contributed by atoms with van der Waals surface area (Å²) in [5.41, 5.74) is 4.33. The molecule has 0 bridgehead atoms. The average Bonchev–Trinajstić information content (AvgIpc) is 2.12. The number of nitrogens with one attached hydrogen (secondary N) is 1. The van der Waals surface area contributed by atoms with Crippen molar-refractivity contribution in [3.05, 3.63) is 34.4 Å². The predicted molar refractivity (Wildman–Crippen MR) is 54.0 cm³/mol. The molecule has 0 saturated carbocycles. The summed E-state index contributed by atoms with van der Waals surface area (Å²) in [5, 5.41) is 2.62. The van der Waals surface area contributed by atoms with Crippen LogP contribution in [0.1, 0.15) is 27.0 Å². The zero-order chi connectivity index (χ0) is 10.0. The van der Waals surface area contributed by atoms with Crippen molar-refractivity contribution in [2.24, 2.45) is 0 Å². The number of hydrogen-bond acceptors (Lipinski definition) is 1. The quantitative estimate of drug-likeness (QED) is 0.698. The molecule has 1 amide bonds. The highest BCUT2D eigenvalue weighted by atomic mass is 16.1. The van der Waals surface area contributed by atoms with Crippen molar-refractivity contribution in [2.75, 3.05) is 7.05 Å². The molecule has 0 aliphatic heterocycles. The largest absolute Gasteiger partial charge is 0.355 e. The summed E-state index contributed by atoms with van der Waals surface area (Å²) in [6.45, 7) is 6.11. The van der Waals surface area contributed by atoms with E-state index in [0.717, 1.165) is 5.56 Å². The van der Waals surface area contributed by atoms with Crippen LogP contribution in [0.25, 0.3) is 0 Å². The van der Waals surface area contributed by atoms with E-state index in [4.69, 9.17) is 0 Å². The number of hydrogen-bond donors (Lipinski definition) is 1. The number of carbonyl (C=O) groups is 1. The van der Waals surface area contributed by atoms with Crippen molar-refractivity contribution in [3.8, 4) is 0 Å². The highest BCUT2D eigenvalue weighted by molar-refractivity contribution is 5.94. The smallest absolute Gasteiger partial charge is 0.251 e. The predicted octanol–water partition coefficient (Wildman–Crippen LogP) is 1.97. The van der Waals surface area contributed by atoms with Crippen molar-refractivity contribution < 1.29 is 4.79 Å². The fourth-order valence-corrected chi connectivity index (χ4v) is 1.31. The standard InChI is InChI=1S/C11H15NO/c1-7-5-10(11(13)12-4)6-8(2)9(7)3/h5-6H,1-4H3,(H,12,13). The third-order valence-electron chi connectivity index (χ3n) is 2.42. The summed E-state index contributed by atoms with van der Waals surface area (Å²) in [6.07, 6.45) is 0. The van der Waals surface area contributed by atoms with Crippen molar-refractivity contribution >= 4 is 5.91 Å². The van der Waals surface area contributed by atoms with Crippen molar-refractivity contribution in [1.29, 1.82) is 0 Å². The summed E-state index contributed by atoms with van der Waals surface area (Å²) in [7, 11) is 1.65. The van der Waals surface area contributed by atoms with Gasteiger partial charge >= 0.3 is 0 Å². The van der Waals surface area contributed by atoms with Crippen LogP contribution in [-0.4, -0.2) is 13.0 Å². The number of carbonyl (C=O) groups excluding carboxylic acids is 1. The molecule has 1 aromatic carbocycles. The van der Waals surface area contributed by atoms with Gasteiger partial charge in [-0.15, -0.1) is 0 Å². The molecule has 0 unspecified atom stereocenters. The van der Waals surface area contributed by atoms with E-state index < -0.39 is 0 Å². The first-order valence-corrected chi connectivity index (χ1v) is 4.36. The van der Waals surface area contributed by atoms with Crippen LogP contribution in [0.2, 0.25) is 0 Å². The van der Waals surface area contributed by atoms with E-state index in [1.54, 1.807) is 7.05 Å². The Morgan fingerprint density at radius 3 is 2.00 bits per heavy atom. The zero-order valence-corrected chi connectivity index (χ0v) is 8.56. The zero-order valence-electron chi connectivity index (χ0n) is 8.56. The molecule has 0 aliphatic carbocycles. The van der Waals surface area contributed by atoms with Crippen LogP contribution in [0, 0.1) is 20.8 Å². The van der Waals surface area contributed by atoms with E-state index in [1.807, 2.05) is 26.0 Å². The molecule has 0 saturated heterocycles. The Kier molecular flexibility index (Phi) is 2.71. The minimum atomic E-state index is -0.0220. The van der Waals surface area contributed by atoms with Crippen LogP contribution in [-0.2, 0) is 0 Å². The minimum Gasteiger partial charge on any atom is -0.355 e. The third kappa shape index (κ3) is 1.89. The molecule has 0 atom stereocenters. The Bertz CT molecular complexity index is 319. The highest BCUT2D eigenvalue weighted by Crippen LogP contribution is 2.15. The van der Waals surface area contributed by atoms with Crippen LogP contribution >= 0.6 is 0 Å². The van der Waals surface area contributed by atoms with E-state index in [9.17, 15) is 4.79 Å². The molecule has 0 radical (unpaired) electrons. The fraction of sp³-hybridized carbons (Fsp3) is 0.364. The maximum Gasteiger partial charge on any atom is 0.251 e. The average molecular weight is 177 g/mol. The lowest BCUT2D eigenvalue weighted by Crippen LogP contribution is -2.18. The van der Waals surface area contributed by atoms with Gasteiger partial charge in [0.25, 0.3) is 5.91 Å². The van der Waals surface area contributed by atoms with E-state index in [0.29, 0.717) is 0 Å². The van der Waals surface area contributed by atoms with Crippen LogP contribution < -0.4 is 5.32 Å². The van der Waals surface area contributed by atoms with E-state index in [1.165, 1.54) is 16.7 Å². The summed E-state index contributed by atoms with van der Waals surface area (Å²) < 4.78 is 0. The molecule has 0 aromatic heterocycles. The molecular weight excluding hydrogens is 162 g/mol. The lowest BCUT2D eigenvalue weighted by Gasteiger charge is -2.07. The lowest BCUT2D eigenvalue weighted by atomic mass is 10.0. The van der Waals surface area contributed by atoms with E-state index in [-0.39, 0.29) is 5.91 Å². The van der Waals surface area contributed by atoms with Gasteiger partial charge in [0, 0.05) is 12.6 Å². The molecular formula is C11H15NO. The second kappa shape index (κ2) is 3.60. The first-order chi connectivity index (χ1) is 6.06. The Balaban J connectivity index is 3.20. The Morgan fingerprint density at radius 1 is 1.15 bits per heavy atom. The Hall–Kier alpha value is -1.31. The lowest BCUT2D eigenvalue weighted by molar-refractivity contribution is 0.0963. The molecule has 0 heterocycles. The normalized spacial score (nSPS) is 9.85. The number of amides is 1. The molecule has 2 nitrogen and oxygen atoms in total. The van der Waals surface area contributed by atoms with Crippen LogP contribution in [0.3, 0.4) is 0 Å². The molecule has 0 fully saturated rings. The van der Waals surface area contributed by atoms with E-state index >= 15 is 0 Å². The summed E-state index contributed by atoms with van der Waals surface area (Å²) in [4.78, 5) is 11.3. The van der Waals surface area contributed by atoms with Gasteiger partial charge < -0.3 is 5.32 Å². The maximum atomic E-state index is 11.3. The van der Waals surface area contributed by atoms with Crippen molar-refractivity contribution in [2.45, 2.75) is 20.8 Å². The second-order valence-electron chi connectivity index (χ2n) is 3.31. The molecule has 70 valence electrons. The van der Waals surface area contributed by atoms with Gasteiger partial charge in [0.1, 0.15) is 0 Å². The molecule has 0 spiro atoms. The Labute approximate surface area is 79.0 Å². The molecule has 0 aliphatic rings. The Morgan fingerprint density at radius 2 is 1.62 bits per heavy atom. The van der Waals surface area contributed by atoms with Crippen molar-refractivity contribution in [1.82, 2.24) is 5.32 Å². The number of rotatable bonds is 1. The van der Waals surface area contributed by atoms with E-state index in [2.05, 4.69) is 12.2 Å². The maximum absolute atomic E-state index is 11.3. The van der Waals surface area contributed by atoms with Crippen LogP contribution in [0.5, 0.6) is 0 Å². The first-order valence-electron chi connectivity index (χ1n) is 4.36. The topological polar surface area (TPSA) is 29.1 Å². The summed E-state index contributed by atoms with van der Waals surface area (Å²) in [6, 6.07) is 3.84. The molecule has 1 rings (SSSR count). The number of aryl methyl sites for hydroxylation is 2. The number of benzene rings is 1. The summed E-state index contributed by atoms with van der Waals surface area (Å²) in [5.74, 6) is -0.0220. The van der Waals surface area contributed by atoms with Gasteiger partial charge in [0.2, 0.25) is 0 Å². The molecule has 1 N–H and O–H groups in total. The van der Waals surface area contributed by atoms with Gasteiger partial charge in [-0.2, -0.15) is 0 Å². The van der Waals surface area contributed by atoms with Crippen molar-refractivity contribution in [3.63, 3.8) is 0 Å². The summed E-state index contributed by atoms with van der Waals surface area (Å²) >= 11 is 0. The van der Waals surface area contributed by atoms with Crippen LogP contribution in [0.15, 0.2) is 12.1 Å². The van der Waals surface area contributed by atoms with Gasteiger partial charge in [0.15, 0.2) is 0 Å². The molecule has 13 heavy (non-hydrogen) atoms. The van der Waals surface area contributed by atoms with Gasteiger partial charge in [-0.25, -0.2) is 0 Å². The van der Waals surface area contributed by atoms with Crippen LogP contribution in [0.4, 0.5) is 0 Å². The SMILES string of the molecule is CNC(=O)c1cc(C)c(C)c(C)c1.